The molecule has 0 aliphatic rings. The van der Waals surface area contributed by atoms with Crippen LogP contribution in [0.25, 0.3) is 0 Å². The van der Waals surface area contributed by atoms with Gasteiger partial charge in [0.15, 0.2) is 0 Å². The average Bonchev–Trinajstić information content (AvgIpc) is 2.32. The SMILES string of the molecule is Cc1ccc(N(CCC(C)C)CCC(C)C)cc1N. The molecule has 0 radical (unpaired) electrons. The minimum absolute atomic E-state index is 0.740. The van der Waals surface area contributed by atoms with Crippen LogP contribution in [-0.2, 0) is 0 Å². The minimum Gasteiger partial charge on any atom is -0.398 e. The summed E-state index contributed by atoms with van der Waals surface area (Å²) in [6.07, 6.45) is 2.46. The molecular formula is C17H30N2. The van der Waals surface area contributed by atoms with E-state index >= 15 is 0 Å². The lowest BCUT2D eigenvalue weighted by Crippen LogP contribution is -2.27. The molecule has 2 nitrogen and oxygen atoms in total. The minimum atomic E-state index is 0.740. The Morgan fingerprint density at radius 1 is 1.00 bits per heavy atom. The van der Waals surface area contributed by atoms with Gasteiger partial charge in [0.25, 0.3) is 0 Å². The van der Waals surface area contributed by atoms with Gasteiger partial charge in [-0.2, -0.15) is 0 Å². The monoisotopic (exact) mass is 262 g/mol. The summed E-state index contributed by atoms with van der Waals surface area (Å²) < 4.78 is 0. The van der Waals surface area contributed by atoms with Crippen molar-refractivity contribution < 1.29 is 0 Å². The van der Waals surface area contributed by atoms with Crippen molar-refractivity contribution in [3.05, 3.63) is 23.8 Å². The van der Waals surface area contributed by atoms with Gasteiger partial charge in [0.2, 0.25) is 0 Å². The van der Waals surface area contributed by atoms with E-state index in [-0.39, 0.29) is 0 Å². The summed E-state index contributed by atoms with van der Waals surface area (Å²) in [6.45, 7) is 13.4. The van der Waals surface area contributed by atoms with Gasteiger partial charge in [-0.15, -0.1) is 0 Å². The molecule has 0 amide bonds. The van der Waals surface area contributed by atoms with Gasteiger partial charge in [-0.3, -0.25) is 0 Å². The summed E-state index contributed by atoms with van der Waals surface area (Å²) in [5.41, 5.74) is 9.37. The Morgan fingerprint density at radius 2 is 1.53 bits per heavy atom. The molecule has 2 N–H and O–H groups in total. The van der Waals surface area contributed by atoms with Gasteiger partial charge in [-0.05, 0) is 49.3 Å². The summed E-state index contributed by atoms with van der Waals surface area (Å²) in [5.74, 6) is 1.48. The first kappa shape index (κ1) is 15.9. The first-order valence-corrected chi connectivity index (χ1v) is 7.51. The number of rotatable bonds is 7. The second-order valence-corrected chi connectivity index (χ2v) is 6.39. The predicted molar refractivity (Wildman–Crippen MR) is 86.7 cm³/mol. The van der Waals surface area contributed by atoms with E-state index in [1.54, 1.807) is 0 Å². The summed E-state index contributed by atoms with van der Waals surface area (Å²) >= 11 is 0. The Hall–Kier alpha value is -1.18. The number of nitrogens with two attached hydrogens (primary N) is 1. The number of benzene rings is 1. The second-order valence-electron chi connectivity index (χ2n) is 6.39. The number of hydrogen-bond donors (Lipinski definition) is 1. The van der Waals surface area contributed by atoms with Crippen LogP contribution in [0.3, 0.4) is 0 Å². The number of nitrogens with zero attached hydrogens (tertiary/aromatic N) is 1. The van der Waals surface area contributed by atoms with E-state index in [1.165, 1.54) is 18.5 Å². The van der Waals surface area contributed by atoms with Crippen LogP contribution in [0.2, 0.25) is 0 Å². The quantitative estimate of drug-likeness (QED) is 0.734. The van der Waals surface area contributed by atoms with Crippen molar-refractivity contribution in [3.63, 3.8) is 0 Å². The van der Waals surface area contributed by atoms with E-state index < -0.39 is 0 Å². The third-order valence-electron chi connectivity index (χ3n) is 3.58. The Balaban J connectivity index is 2.78. The lowest BCUT2D eigenvalue weighted by Gasteiger charge is -2.27. The molecular weight excluding hydrogens is 232 g/mol. The summed E-state index contributed by atoms with van der Waals surface area (Å²) in [4.78, 5) is 2.48. The number of anilines is 2. The van der Waals surface area contributed by atoms with Crippen LogP contribution < -0.4 is 10.6 Å². The molecule has 108 valence electrons. The molecule has 0 bridgehead atoms. The molecule has 1 rings (SSSR count). The maximum atomic E-state index is 6.04. The first-order chi connectivity index (χ1) is 8.90. The van der Waals surface area contributed by atoms with Gasteiger partial charge in [-0.25, -0.2) is 0 Å². The fraction of sp³-hybridized carbons (Fsp3) is 0.647. The van der Waals surface area contributed by atoms with Gasteiger partial charge < -0.3 is 10.6 Å². The lowest BCUT2D eigenvalue weighted by atomic mass is 10.1. The Labute approximate surface area is 119 Å². The molecule has 0 aromatic heterocycles. The van der Waals surface area contributed by atoms with Crippen LogP contribution >= 0.6 is 0 Å². The highest BCUT2D eigenvalue weighted by molar-refractivity contribution is 5.59. The molecule has 0 aliphatic heterocycles. The van der Waals surface area contributed by atoms with E-state index in [9.17, 15) is 0 Å². The second kappa shape index (κ2) is 7.42. The lowest BCUT2D eigenvalue weighted by molar-refractivity contribution is 0.535. The Morgan fingerprint density at radius 3 is 1.95 bits per heavy atom. The average molecular weight is 262 g/mol. The highest BCUT2D eigenvalue weighted by atomic mass is 15.1. The van der Waals surface area contributed by atoms with Crippen molar-refractivity contribution in [1.29, 1.82) is 0 Å². The zero-order valence-electron chi connectivity index (χ0n) is 13.2. The number of hydrogen-bond acceptors (Lipinski definition) is 2. The molecule has 1 aromatic rings. The zero-order valence-corrected chi connectivity index (χ0v) is 13.2. The van der Waals surface area contributed by atoms with Crippen molar-refractivity contribution in [2.45, 2.75) is 47.5 Å². The highest BCUT2D eigenvalue weighted by Crippen LogP contribution is 2.22. The van der Waals surface area contributed by atoms with Crippen molar-refractivity contribution in [1.82, 2.24) is 0 Å². The maximum Gasteiger partial charge on any atom is 0.0387 e. The Kier molecular flexibility index (Phi) is 6.20. The summed E-state index contributed by atoms with van der Waals surface area (Å²) in [6, 6.07) is 6.45. The summed E-state index contributed by atoms with van der Waals surface area (Å²) in [5, 5.41) is 0. The van der Waals surface area contributed by atoms with E-state index in [0.29, 0.717) is 0 Å². The topological polar surface area (TPSA) is 29.3 Å². The third kappa shape index (κ3) is 5.54. The van der Waals surface area contributed by atoms with Crippen LogP contribution in [0.4, 0.5) is 11.4 Å². The van der Waals surface area contributed by atoms with E-state index in [2.05, 4.69) is 57.7 Å². The molecule has 0 unspecified atom stereocenters. The van der Waals surface area contributed by atoms with Gasteiger partial charge in [-0.1, -0.05) is 33.8 Å². The largest absolute Gasteiger partial charge is 0.398 e. The van der Waals surface area contributed by atoms with Crippen LogP contribution in [-0.4, -0.2) is 13.1 Å². The molecule has 0 fully saturated rings. The fourth-order valence-electron chi connectivity index (χ4n) is 2.02. The van der Waals surface area contributed by atoms with Crippen LogP contribution in [0.1, 0.15) is 46.1 Å². The van der Waals surface area contributed by atoms with Crippen LogP contribution in [0.15, 0.2) is 18.2 Å². The smallest absolute Gasteiger partial charge is 0.0387 e. The summed E-state index contributed by atoms with van der Waals surface area (Å²) in [7, 11) is 0. The van der Waals surface area contributed by atoms with Crippen molar-refractivity contribution in [3.8, 4) is 0 Å². The molecule has 0 saturated carbocycles. The van der Waals surface area contributed by atoms with Crippen molar-refractivity contribution >= 4 is 11.4 Å². The van der Waals surface area contributed by atoms with Crippen molar-refractivity contribution in [2.24, 2.45) is 11.8 Å². The Bertz CT molecular complexity index is 371. The molecule has 0 spiro atoms. The maximum absolute atomic E-state index is 6.04. The first-order valence-electron chi connectivity index (χ1n) is 7.51. The van der Waals surface area contributed by atoms with Gasteiger partial charge in [0.05, 0.1) is 0 Å². The highest BCUT2D eigenvalue weighted by Gasteiger charge is 2.09. The zero-order chi connectivity index (χ0) is 14.4. The van der Waals surface area contributed by atoms with Crippen LogP contribution in [0.5, 0.6) is 0 Å². The molecule has 0 atom stereocenters. The van der Waals surface area contributed by atoms with E-state index in [4.69, 9.17) is 5.73 Å². The van der Waals surface area contributed by atoms with Gasteiger partial charge >= 0.3 is 0 Å². The van der Waals surface area contributed by atoms with E-state index in [1.807, 2.05) is 0 Å². The molecule has 19 heavy (non-hydrogen) atoms. The normalized spacial score (nSPS) is 11.3. The molecule has 0 heterocycles. The van der Waals surface area contributed by atoms with Crippen LogP contribution in [0, 0.1) is 18.8 Å². The van der Waals surface area contributed by atoms with Crippen molar-refractivity contribution in [2.75, 3.05) is 23.7 Å². The fourth-order valence-corrected chi connectivity index (χ4v) is 2.02. The third-order valence-corrected chi connectivity index (χ3v) is 3.58. The number of nitrogen functional groups attached to an aromatic ring is 1. The van der Waals surface area contributed by atoms with Gasteiger partial charge in [0.1, 0.15) is 0 Å². The molecule has 0 saturated heterocycles. The predicted octanol–water partition coefficient (Wildman–Crippen LogP) is 4.48. The molecule has 2 heteroatoms. The standard InChI is InChI=1S/C17H30N2/c1-13(2)8-10-19(11-9-14(3)4)16-7-6-15(5)17(18)12-16/h6-7,12-14H,8-11,18H2,1-5H3. The molecule has 1 aromatic carbocycles. The van der Waals surface area contributed by atoms with E-state index in [0.717, 1.165) is 36.2 Å². The van der Waals surface area contributed by atoms with Gasteiger partial charge in [0, 0.05) is 24.5 Å². The number of aryl methyl sites for hydroxylation is 1. The molecule has 0 aliphatic carbocycles.